The van der Waals surface area contributed by atoms with Gasteiger partial charge in [0.1, 0.15) is 24.3 Å². The molecule has 1 saturated carbocycles. The van der Waals surface area contributed by atoms with E-state index in [1.54, 1.807) is 30.1 Å². The number of hydrogen-bond acceptors (Lipinski definition) is 5. The third kappa shape index (κ3) is 6.58. The quantitative estimate of drug-likeness (QED) is 0.564. The predicted octanol–water partition coefficient (Wildman–Crippen LogP) is 4.55. The van der Waals surface area contributed by atoms with Gasteiger partial charge in [0.2, 0.25) is 5.91 Å². The Morgan fingerprint density at radius 1 is 1.03 bits per heavy atom. The van der Waals surface area contributed by atoms with Gasteiger partial charge in [0.05, 0.1) is 24.1 Å². The van der Waals surface area contributed by atoms with Crippen LogP contribution in [0.5, 0.6) is 5.75 Å². The summed E-state index contributed by atoms with van der Waals surface area (Å²) in [5.74, 6) is -0.0637. The molecule has 3 aliphatic rings. The van der Waals surface area contributed by atoms with Gasteiger partial charge in [0, 0.05) is 24.8 Å². The Morgan fingerprint density at radius 3 is 2.56 bits per heavy atom. The third-order valence-corrected chi connectivity index (χ3v) is 8.10. The van der Waals surface area contributed by atoms with E-state index >= 15 is 0 Å². The number of anilines is 1. The number of hydrogen-bond donors (Lipinski definition) is 2. The van der Waals surface area contributed by atoms with Crippen molar-refractivity contribution in [2.75, 3.05) is 25.5 Å². The maximum absolute atomic E-state index is 13.5. The van der Waals surface area contributed by atoms with Crippen molar-refractivity contribution >= 4 is 23.4 Å². The summed E-state index contributed by atoms with van der Waals surface area (Å²) in [6, 6.07) is 9.96. The van der Waals surface area contributed by atoms with Crippen LogP contribution >= 0.6 is 0 Å². The van der Waals surface area contributed by atoms with Crippen molar-refractivity contribution in [3.05, 3.63) is 59.4 Å². The van der Waals surface area contributed by atoms with Crippen LogP contribution in [0.1, 0.15) is 72.1 Å². The Kier molecular flexibility index (Phi) is 8.45. The van der Waals surface area contributed by atoms with Gasteiger partial charge in [-0.2, -0.15) is 0 Å². The molecule has 208 valence electrons. The predicted molar refractivity (Wildman–Crippen MR) is 144 cm³/mol. The molecule has 2 aromatic rings. The number of rotatable bonds is 6. The lowest BCUT2D eigenvalue weighted by Gasteiger charge is -2.42. The van der Waals surface area contributed by atoms with Crippen LogP contribution in [0.25, 0.3) is 0 Å². The van der Waals surface area contributed by atoms with Gasteiger partial charge in [0.15, 0.2) is 0 Å². The van der Waals surface area contributed by atoms with Gasteiger partial charge in [-0.05, 0) is 74.1 Å². The van der Waals surface area contributed by atoms with Crippen LogP contribution in [-0.2, 0) is 9.53 Å². The number of halogens is 1. The maximum Gasteiger partial charge on any atom is 0.257 e. The van der Waals surface area contributed by atoms with Gasteiger partial charge in [0.25, 0.3) is 11.8 Å². The number of likely N-dealkylation sites (N-methyl/N-ethyl adjacent to an activating group) is 1. The Morgan fingerprint density at radius 2 is 1.79 bits per heavy atom. The second kappa shape index (κ2) is 12.2. The summed E-state index contributed by atoms with van der Waals surface area (Å²) in [5, 5.41) is 5.85. The average molecular weight is 538 g/mol. The molecule has 2 N–H and O–H groups in total. The maximum atomic E-state index is 13.5. The van der Waals surface area contributed by atoms with Crippen LogP contribution in [0.3, 0.4) is 0 Å². The lowest BCUT2D eigenvalue weighted by atomic mass is 9.89. The smallest absolute Gasteiger partial charge is 0.257 e. The minimum absolute atomic E-state index is 0.0146. The van der Waals surface area contributed by atoms with Crippen molar-refractivity contribution in [2.45, 2.75) is 69.6 Å². The van der Waals surface area contributed by atoms with Crippen molar-refractivity contribution < 1.29 is 28.2 Å². The van der Waals surface area contributed by atoms with Gasteiger partial charge in [-0.1, -0.05) is 19.3 Å². The van der Waals surface area contributed by atoms with Gasteiger partial charge >= 0.3 is 0 Å². The molecule has 0 unspecified atom stereocenters. The minimum Gasteiger partial charge on any atom is -0.490 e. The SMILES string of the molecule is CN1C(=O)c2cc(NC(=O)c3ccc(F)cc3)ccc2OC[C@H]2O[C@H](CC(=O)NCC3CCCCC3)CC[C@H]21. The molecule has 0 radical (unpaired) electrons. The number of carbonyl (C=O) groups excluding carboxylic acids is 3. The van der Waals surface area contributed by atoms with Crippen molar-refractivity contribution in [1.29, 1.82) is 0 Å². The average Bonchev–Trinajstić information content (AvgIpc) is 2.95. The highest BCUT2D eigenvalue weighted by molar-refractivity contribution is 6.05. The summed E-state index contributed by atoms with van der Waals surface area (Å²) >= 11 is 0. The highest BCUT2D eigenvalue weighted by Gasteiger charge is 2.39. The van der Waals surface area contributed by atoms with E-state index in [0.29, 0.717) is 47.7 Å². The molecule has 2 fully saturated rings. The topological polar surface area (TPSA) is 97.0 Å². The molecular weight excluding hydrogens is 501 g/mol. The van der Waals surface area contributed by atoms with Crippen LogP contribution < -0.4 is 15.4 Å². The molecule has 0 spiro atoms. The normalized spacial score (nSPS) is 23.5. The summed E-state index contributed by atoms with van der Waals surface area (Å²) in [4.78, 5) is 40.3. The number of nitrogens with zero attached hydrogens (tertiary/aromatic N) is 1. The van der Waals surface area contributed by atoms with E-state index < -0.39 is 11.7 Å². The van der Waals surface area contributed by atoms with E-state index in [2.05, 4.69) is 10.6 Å². The molecule has 2 heterocycles. The zero-order valence-corrected chi connectivity index (χ0v) is 22.3. The van der Waals surface area contributed by atoms with Crippen LogP contribution in [-0.4, -0.2) is 61.1 Å². The molecule has 8 nitrogen and oxygen atoms in total. The van der Waals surface area contributed by atoms with Crippen LogP contribution in [0.2, 0.25) is 0 Å². The fourth-order valence-corrected chi connectivity index (χ4v) is 5.84. The molecule has 0 aromatic heterocycles. The van der Waals surface area contributed by atoms with E-state index in [-0.39, 0.29) is 36.7 Å². The highest BCUT2D eigenvalue weighted by atomic mass is 19.1. The Balaban J connectivity index is 1.20. The van der Waals surface area contributed by atoms with Gasteiger partial charge in [-0.25, -0.2) is 4.39 Å². The number of fused-ring (bicyclic) bond motifs is 2. The monoisotopic (exact) mass is 537 g/mol. The molecular formula is C30H36FN3O5. The van der Waals surface area contributed by atoms with E-state index in [4.69, 9.17) is 9.47 Å². The summed E-state index contributed by atoms with van der Waals surface area (Å²) in [6.45, 7) is 0.984. The molecule has 3 amide bonds. The molecule has 2 aliphatic heterocycles. The van der Waals surface area contributed by atoms with Crippen LogP contribution in [0.15, 0.2) is 42.5 Å². The van der Waals surface area contributed by atoms with Crippen LogP contribution in [0.4, 0.5) is 10.1 Å². The number of carbonyl (C=O) groups is 3. The lowest BCUT2D eigenvalue weighted by molar-refractivity contribution is -0.134. The molecule has 2 aromatic carbocycles. The van der Waals surface area contributed by atoms with Gasteiger partial charge in [-0.3, -0.25) is 14.4 Å². The fourth-order valence-electron chi connectivity index (χ4n) is 5.84. The van der Waals surface area contributed by atoms with Crippen molar-refractivity contribution in [2.24, 2.45) is 5.92 Å². The molecule has 5 rings (SSSR count). The number of amides is 3. The highest BCUT2D eigenvalue weighted by Crippen LogP contribution is 2.33. The number of nitrogens with one attached hydrogen (secondary N) is 2. The molecule has 9 heteroatoms. The molecule has 3 atom stereocenters. The molecule has 0 bridgehead atoms. The van der Waals surface area contributed by atoms with Gasteiger partial charge in [-0.15, -0.1) is 0 Å². The second-order valence-electron chi connectivity index (χ2n) is 10.9. The summed E-state index contributed by atoms with van der Waals surface area (Å²) in [7, 11) is 1.75. The van der Waals surface area contributed by atoms with Crippen molar-refractivity contribution in [3.63, 3.8) is 0 Å². The first-order valence-corrected chi connectivity index (χ1v) is 13.9. The summed E-state index contributed by atoms with van der Waals surface area (Å²) in [6.07, 6.45) is 7.28. The second-order valence-corrected chi connectivity index (χ2v) is 10.9. The first kappa shape index (κ1) is 27.1. The van der Waals surface area contributed by atoms with E-state index in [9.17, 15) is 18.8 Å². The van der Waals surface area contributed by atoms with E-state index in [0.717, 1.165) is 6.54 Å². The third-order valence-electron chi connectivity index (χ3n) is 8.10. The fraction of sp³-hybridized carbons (Fsp3) is 0.500. The largest absolute Gasteiger partial charge is 0.490 e. The van der Waals surface area contributed by atoms with Gasteiger partial charge < -0.3 is 25.0 Å². The summed E-state index contributed by atoms with van der Waals surface area (Å²) < 4.78 is 25.5. The number of benzene rings is 2. The van der Waals surface area contributed by atoms with Crippen molar-refractivity contribution in [1.82, 2.24) is 10.2 Å². The zero-order chi connectivity index (χ0) is 27.4. The zero-order valence-electron chi connectivity index (χ0n) is 22.3. The summed E-state index contributed by atoms with van der Waals surface area (Å²) in [5.41, 5.74) is 1.09. The van der Waals surface area contributed by atoms with E-state index in [1.165, 1.54) is 56.4 Å². The Labute approximate surface area is 228 Å². The molecule has 1 aliphatic carbocycles. The van der Waals surface area contributed by atoms with Crippen molar-refractivity contribution in [3.8, 4) is 5.75 Å². The molecule has 1 saturated heterocycles. The Bertz CT molecular complexity index is 1200. The minimum atomic E-state index is -0.423. The molecule has 39 heavy (non-hydrogen) atoms. The van der Waals surface area contributed by atoms with Crippen LogP contribution in [0, 0.1) is 11.7 Å². The first-order valence-electron chi connectivity index (χ1n) is 13.9. The Hall–Kier alpha value is -3.46. The number of ether oxygens (including phenoxy) is 2. The first-order chi connectivity index (χ1) is 18.9. The lowest BCUT2D eigenvalue weighted by Crippen LogP contribution is -2.54. The van der Waals surface area contributed by atoms with E-state index in [1.807, 2.05) is 0 Å². The standard InChI is InChI=1S/C30H36FN3O5/c1-34-25-13-12-23(16-28(35)32-17-19-5-3-2-4-6-19)39-27(25)18-38-26-14-11-22(15-24(26)30(34)37)33-29(36)20-7-9-21(31)10-8-20/h7-11,14-15,19,23,25,27H,2-6,12-13,16-18H2,1H3,(H,32,35)(H,33,36)/t23-,25+,27+/m0/s1.